The molecular formula is C23H24N2O5. The van der Waals surface area contributed by atoms with Gasteiger partial charge in [0, 0.05) is 24.6 Å². The first kappa shape index (κ1) is 20.0. The van der Waals surface area contributed by atoms with Gasteiger partial charge in [-0.3, -0.25) is 4.79 Å². The van der Waals surface area contributed by atoms with Crippen LogP contribution in [0.4, 0.5) is 5.69 Å². The summed E-state index contributed by atoms with van der Waals surface area (Å²) in [6.07, 6.45) is 1.97. The van der Waals surface area contributed by atoms with Gasteiger partial charge in [0.05, 0.1) is 12.7 Å². The van der Waals surface area contributed by atoms with Crippen LogP contribution < -0.4 is 15.6 Å². The summed E-state index contributed by atoms with van der Waals surface area (Å²) in [7, 11) is 0. The van der Waals surface area contributed by atoms with Crippen molar-refractivity contribution in [3.63, 3.8) is 0 Å². The SMILES string of the molecule is CCOc1ccccc1N=c1oc2cc(O)ccc2cc1C(=O)NC[C@H]1CCCO1. The number of hydrogen-bond donors (Lipinski definition) is 2. The third kappa shape index (κ3) is 4.46. The molecule has 1 atom stereocenters. The lowest BCUT2D eigenvalue weighted by Gasteiger charge is -2.11. The highest BCUT2D eigenvalue weighted by atomic mass is 16.5. The van der Waals surface area contributed by atoms with Gasteiger partial charge in [0.1, 0.15) is 28.3 Å². The van der Waals surface area contributed by atoms with Crippen LogP contribution in [-0.2, 0) is 4.74 Å². The summed E-state index contributed by atoms with van der Waals surface area (Å²) in [5.41, 5.74) is 1.43. The normalized spacial score (nSPS) is 16.7. The van der Waals surface area contributed by atoms with Crippen LogP contribution in [0.1, 0.15) is 30.1 Å². The molecule has 2 heterocycles. The molecule has 1 amide bonds. The third-order valence-electron chi connectivity index (χ3n) is 4.88. The summed E-state index contributed by atoms with van der Waals surface area (Å²) in [5, 5.41) is 13.4. The molecule has 0 spiro atoms. The van der Waals surface area contributed by atoms with Gasteiger partial charge in [0.2, 0.25) is 5.55 Å². The highest BCUT2D eigenvalue weighted by Crippen LogP contribution is 2.27. The minimum absolute atomic E-state index is 0.0300. The first-order valence-electron chi connectivity index (χ1n) is 10.1. The Labute approximate surface area is 174 Å². The van der Waals surface area contributed by atoms with Crippen LogP contribution in [0.15, 0.2) is 57.9 Å². The van der Waals surface area contributed by atoms with Gasteiger partial charge in [0.15, 0.2) is 0 Å². The van der Waals surface area contributed by atoms with Gasteiger partial charge in [-0.15, -0.1) is 0 Å². The Morgan fingerprint density at radius 3 is 2.93 bits per heavy atom. The Kier molecular flexibility index (Phi) is 5.99. The van der Waals surface area contributed by atoms with E-state index in [4.69, 9.17) is 13.9 Å². The highest BCUT2D eigenvalue weighted by Gasteiger charge is 2.19. The minimum Gasteiger partial charge on any atom is -0.508 e. The molecule has 30 heavy (non-hydrogen) atoms. The molecular weight excluding hydrogens is 384 g/mol. The topological polar surface area (TPSA) is 93.3 Å². The van der Waals surface area contributed by atoms with Crippen LogP contribution in [0.3, 0.4) is 0 Å². The van der Waals surface area contributed by atoms with Crippen molar-refractivity contribution in [2.24, 2.45) is 4.99 Å². The smallest absolute Gasteiger partial charge is 0.256 e. The maximum Gasteiger partial charge on any atom is 0.256 e. The first-order valence-corrected chi connectivity index (χ1v) is 10.1. The zero-order chi connectivity index (χ0) is 20.9. The Hall–Kier alpha value is -3.32. The zero-order valence-electron chi connectivity index (χ0n) is 16.8. The zero-order valence-corrected chi connectivity index (χ0v) is 16.8. The standard InChI is InChI=1S/C23H24N2O5/c1-2-28-20-8-4-3-7-19(20)25-23-18(22(27)24-14-17-6-5-11-29-17)12-15-9-10-16(26)13-21(15)30-23/h3-4,7-10,12-13,17,26H,2,5-6,11,14H2,1H3,(H,24,27)/t17-/m1/s1. The summed E-state index contributed by atoms with van der Waals surface area (Å²) < 4.78 is 17.2. The first-order chi connectivity index (χ1) is 14.6. The van der Waals surface area contributed by atoms with Crippen LogP contribution in [0.2, 0.25) is 0 Å². The number of carbonyl (C=O) groups excluding carboxylic acids is 1. The Morgan fingerprint density at radius 1 is 1.27 bits per heavy atom. The van der Waals surface area contributed by atoms with Crippen LogP contribution >= 0.6 is 0 Å². The van der Waals surface area contributed by atoms with E-state index in [2.05, 4.69) is 10.3 Å². The van der Waals surface area contributed by atoms with Crippen molar-refractivity contribution in [2.45, 2.75) is 25.9 Å². The van der Waals surface area contributed by atoms with E-state index in [-0.39, 0.29) is 23.3 Å². The predicted molar refractivity (Wildman–Crippen MR) is 112 cm³/mol. The number of aromatic hydroxyl groups is 1. The molecule has 2 N–H and O–H groups in total. The van der Waals surface area contributed by atoms with Gasteiger partial charge in [-0.05, 0) is 50.1 Å². The number of phenols is 1. The molecule has 156 valence electrons. The van der Waals surface area contributed by atoms with Gasteiger partial charge in [-0.2, -0.15) is 0 Å². The average molecular weight is 408 g/mol. The maximum atomic E-state index is 13.0. The van der Waals surface area contributed by atoms with E-state index in [1.165, 1.54) is 6.07 Å². The molecule has 0 saturated carbocycles. The van der Waals surface area contributed by atoms with Gasteiger partial charge in [-0.1, -0.05) is 12.1 Å². The monoisotopic (exact) mass is 408 g/mol. The largest absolute Gasteiger partial charge is 0.508 e. The van der Waals surface area contributed by atoms with Crippen molar-refractivity contribution < 1.29 is 23.8 Å². The molecule has 4 rings (SSSR count). The molecule has 2 aromatic carbocycles. The number of para-hydroxylation sites is 2. The van der Waals surface area contributed by atoms with Gasteiger partial charge < -0.3 is 24.3 Å². The van der Waals surface area contributed by atoms with Gasteiger partial charge in [0.25, 0.3) is 5.91 Å². The summed E-state index contributed by atoms with van der Waals surface area (Å²) in [6.45, 7) is 3.54. The summed E-state index contributed by atoms with van der Waals surface area (Å²) in [4.78, 5) is 17.5. The van der Waals surface area contributed by atoms with Crippen LogP contribution in [0.5, 0.6) is 11.5 Å². The lowest BCUT2D eigenvalue weighted by Crippen LogP contribution is -2.34. The van der Waals surface area contributed by atoms with E-state index in [0.717, 1.165) is 19.4 Å². The molecule has 1 fully saturated rings. The molecule has 1 saturated heterocycles. The Morgan fingerprint density at radius 2 is 2.13 bits per heavy atom. The number of nitrogens with zero attached hydrogens (tertiary/aromatic N) is 1. The van der Waals surface area contributed by atoms with E-state index < -0.39 is 0 Å². The quantitative estimate of drug-likeness (QED) is 0.649. The van der Waals surface area contributed by atoms with Gasteiger partial charge in [-0.25, -0.2) is 4.99 Å². The predicted octanol–water partition coefficient (Wildman–Crippen LogP) is 3.68. The van der Waals surface area contributed by atoms with Crippen LogP contribution in [-0.4, -0.2) is 36.9 Å². The van der Waals surface area contributed by atoms with E-state index in [1.807, 2.05) is 25.1 Å². The van der Waals surface area contributed by atoms with E-state index in [9.17, 15) is 9.90 Å². The van der Waals surface area contributed by atoms with Crippen molar-refractivity contribution in [3.05, 3.63) is 59.6 Å². The molecule has 1 aromatic heterocycles. The lowest BCUT2D eigenvalue weighted by molar-refractivity contribution is 0.0854. The summed E-state index contributed by atoms with van der Waals surface area (Å²) in [5.74, 6) is 0.372. The second-order valence-electron chi connectivity index (χ2n) is 7.04. The number of carbonyl (C=O) groups is 1. The second kappa shape index (κ2) is 9.00. The lowest BCUT2D eigenvalue weighted by atomic mass is 10.1. The van der Waals surface area contributed by atoms with Crippen molar-refractivity contribution in [2.75, 3.05) is 19.8 Å². The van der Waals surface area contributed by atoms with Crippen LogP contribution in [0, 0.1) is 0 Å². The van der Waals surface area contributed by atoms with E-state index in [0.29, 0.717) is 41.1 Å². The molecule has 1 aliphatic rings. The maximum absolute atomic E-state index is 13.0. The van der Waals surface area contributed by atoms with Gasteiger partial charge >= 0.3 is 0 Å². The number of fused-ring (bicyclic) bond motifs is 1. The number of ether oxygens (including phenoxy) is 2. The van der Waals surface area contributed by atoms with E-state index >= 15 is 0 Å². The number of hydrogen-bond acceptors (Lipinski definition) is 6. The fourth-order valence-electron chi connectivity index (χ4n) is 3.40. The van der Waals surface area contributed by atoms with E-state index in [1.54, 1.807) is 24.3 Å². The van der Waals surface area contributed by atoms with Crippen molar-refractivity contribution >= 4 is 22.6 Å². The van der Waals surface area contributed by atoms with Crippen molar-refractivity contribution in [1.82, 2.24) is 5.32 Å². The minimum atomic E-state index is -0.295. The summed E-state index contributed by atoms with van der Waals surface area (Å²) in [6, 6.07) is 13.8. The molecule has 0 radical (unpaired) electrons. The van der Waals surface area contributed by atoms with Crippen molar-refractivity contribution in [1.29, 1.82) is 0 Å². The second-order valence-corrected chi connectivity index (χ2v) is 7.04. The highest BCUT2D eigenvalue weighted by molar-refractivity contribution is 5.96. The van der Waals surface area contributed by atoms with Crippen LogP contribution in [0.25, 0.3) is 11.0 Å². The molecule has 0 aliphatic carbocycles. The molecule has 1 aliphatic heterocycles. The Bertz CT molecular complexity index is 1120. The van der Waals surface area contributed by atoms with Crippen molar-refractivity contribution in [3.8, 4) is 11.5 Å². The molecule has 3 aromatic rings. The fourth-order valence-corrected chi connectivity index (χ4v) is 3.40. The fraction of sp³-hybridized carbons (Fsp3) is 0.304. The molecule has 0 unspecified atom stereocenters. The molecule has 7 nitrogen and oxygen atoms in total. The third-order valence-corrected chi connectivity index (χ3v) is 4.88. The Balaban J connectivity index is 1.77. The molecule has 7 heteroatoms. The number of phenolic OH excluding ortho intramolecular Hbond substituents is 1. The summed E-state index contributed by atoms with van der Waals surface area (Å²) >= 11 is 0. The number of amides is 1. The molecule has 0 bridgehead atoms. The number of benzene rings is 2. The average Bonchev–Trinajstić information content (AvgIpc) is 3.27. The number of nitrogens with one attached hydrogen (secondary N) is 1. The number of rotatable bonds is 6.